The molecule has 1 aliphatic carbocycles. The monoisotopic (exact) mass is 234 g/mol. The smallest absolute Gasteiger partial charge is 0.337 e. The van der Waals surface area contributed by atoms with E-state index >= 15 is 0 Å². The largest absolute Gasteiger partial charge is 0.465 e. The van der Waals surface area contributed by atoms with E-state index < -0.39 is 0 Å². The number of hydrogen-bond acceptors (Lipinski definition) is 4. The molecule has 2 rings (SSSR count). The Balaban J connectivity index is 2.08. The van der Waals surface area contributed by atoms with Crippen LogP contribution in [0.4, 0.5) is 0 Å². The van der Waals surface area contributed by atoms with Crippen molar-refractivity contribution in [2.45, 2.75) is 19.0 Å². The van der Waals surface area contributed by atoms with Crippen molar-refractivity contribution < 1.29 is 9.53 Å². The first-order valence-corrected chi connectivity index (χ1v) is 5.80. The molecule has 0 aromatic rings. The van der Waals surface area contributed by atoms with Gasteiger partial charge in [-0.15, -0.1) is 0 Å². The van der Waals surface area contributed by atoms with E-state index in [1.54, 1.807) is 0 Å². The molecule has 0 aromatic carbocycles. The lowest BCUT2D eigenvalue weighted by Gasteiger charge is -2.29. The average Bonchev–Trinajstić information content (AvgIpc) is 2.70. The maximum Gasteiger partial charge on any atom is 0.337 e. The maximum atomic E-state index is 11.4. The highest BCUT2D eigenvalue weighted by atomic mass is 16.5. The Hall–Kier alpha value is -1.55. The number of esters is 1. The SMILES string of the molecule is COC(=O)C1=CC2C=CN(C[C@@H](C)N)C2C=C1. The second-order valence-corrected chi connectivity index (χ2v) is 4.56. The Bertz CT molecular complexity index is 396. The molecule has 2 unspecified atom stereocenters. The maximum absolute atomic E-state index is 11.4. The Kier molecular flexibility index (Phi) is 3.33. The topological polar surface area (TPSA) is 55.6 Å². The van der Waals surface area contributed by atoms with Crippen molar-refractivity contribution in [1.29, 1.82) is 0 Å². The Morgan fingerprint density at radius 2 is 2.35 bits per heavy atom. The van der Waals surface area contributed by atoms with Gasteiger partial charge >= 0.3 is 5.97 Å². The molecule has 4 nitrogen and oxygen atoms in total. The molecule has 17 heavy (non-hydrogen) atoms. The van der Waals surface area contributed by atoms with Gasteiger partial charge in [-0.3, -0.25) is 0 Å². The van der Waals surface area contributed by atoms with Gasteiger partial charge in [0, 0.05) is 18.5 Å². The summed E-state index contributed by atoms with van der Waals surface area (Å²) in [5.41, 5.74) is 6.43. The van der Waals surface area contributed by atoms with E-state index in [9.17, 15) is 4.79 Å². The van der Waals surface area contributed by atoms with E-state index in [2.05, 4.69) is 17.2 Å². The third kappa shape index (κ3) is 2.42. The molecule has 4 heteroatoms. The lowest BCUT2D eigenvalue weighted by atomic mass is 9.93. The van der Waals surface area contributed by atoms with Gasteiger partial charge in [0.15, 0.2) is 0 Å². The van der Waals surface area contributed by atoms with E-state index in [1.165, 1.54) is 7.11 Å². The Morgan fingerprint density at radius 1 is 1.59 bits per heavy atom. The third-order valence-corrected chi connectivity index (χ3v) is 3.04. The summed E-state index contributed by atoms with van der Waals surface area (Å²) in [6, 6.07) is 0.423. The second-order valence-electron chi connectivity index (χ2n) is 4.56. The molecule has 0 saturated heterocycles. The predicted molar refractivity (Wildman–Crippen MR) is 66.0 cm³/mol. The molecule has 0 bridgehead atoms. The minimum Gasteiger partial charge on any atom is -0.465 e. The summed E-state index contributed by atoms with van der Waals surface area (Å²) in [6.07, 6.45) is 9.97. The number of ether oxygens (including phenoxy) is 1. The van der Waals surface area contributed by atoms with Gasteiger partial charge in [-0.1, -0.05) is 18.2 Å². The van der Waals surface area contributed by atoms with Crippen molar-refractivity contribution in [2.24, 2.45) is 11.7 Å². The van der Waals surface area contributed by atoms with E-state index in [4.69, 9.17) is 10.5 Å². The van der Waals surface area contributed by atoms with Gasteiger partial charge in [-0.2, -0.15) is 0 Å². The number of rotatable bonds is 3. The van der Waals surface area contributed by atoms with Crippen LogP contribution in [-0.2, 0) is 9.53 Å². The number of nitrogens with zero attached hydrogens (tertiary/aromatic N) is 1. The van der Waals surface area contributed by atoms with Crippen LogP contribution in [0, 0.1) is 5.92 Å². The average molecular weight is 234 g/mol. The van der Waals surface area contributed by atoms with Crippen LogP contribution < -0.4 is 5.73 Å². The van der Waals surface area contributed by atoms with E-state index in [0.29, 0.717) is 5.57 Å². The van der Waals surface area contributed by atoms with Gasteiger partial charge < -0.3 is 15.4 Å². The van der Waals surface area contributed by atoms with Crippen LogP contribution in [0.2, 0.25) is 0 Å². The van der Waals surface area contributed by atoms with E-state index in [-0.39, 0.29) is 24.0 Å². The fourth-order valence-electron chi connectivity index (χ4n) is 2.27. The summed E-state index contributed by atoms with van der Waals surface area (Å²) in [5.74, 6) is -0.0356. The summed E-state index contributed by atoms with van der Waals surface area (Å²) in [6.45, 7) is 2.81. The fourth-order valence-corrected chi connectivity index (χ4v) is 2.27. The first-order valence-electron chi connectivity index (χ1n) is 5.80. The number of nitrogens with two attached hydrogens (primary N) is 1. The summed E-state index contributed by atoms with van der Waals surface area (Å²) < 4.78 is 4.71. The molecular weight excluding hydrogens is 216 g/mol. The number of carbonyl (C=O) groups excluding carboxylic acids is 1. The molecule has 1 aliphatic heterocycles. The molecule has 0 radical (unpaired) electrons. The number of carbonyl (C=O) groups is 1. The molecule has 92 valence electrons. The van der Waals surface area contributed by atoms with Crippen LogP contribution >= 0.6 is 0 Å². The third-order valence-electron chi connectivity index (χ3n) is 3.04. The quantitative estimate of drug-likeness (QED) is 0.734. The van der Waals surface area contributed by atoms with Crippen LogP contribution in [-0.4, -0.2) is 36.6 Å². The number of fused-ring (bicyclic) bond motifs is 1. The molecule has 0 amide bonds. The van der Waals surface area contributed by atoms with E-state index in [0.717, 1.165) is 6.54 Å². The molecule has 0 spiro atoms. The minimum absolute atomic E-state index is 0.137. The van der Waals surface area contributed by atoms with Crippen LogP contribution in [0.25, 0.3) is 0 Å². The van der Waals surface area contributed by atoms with Gasteiger partial charge in [-0.25, -0.2) is 4.79 Å². The summed E-state index contributed by atoms with van der Waals surface area (Å²) >= 11 is 0. The van der Waals surface area contributed by atoms with Crippen molar-refractivity contribution in [3.05, 3.63) is 36.1 Å². The lowest BCUT2D eigenvalue weighted by Crippen LogP contribution is -2.38. The number of methoxy groups -OCH3 is 1. The van der Waals surface area contributed by atoms with Gasteiger partial charge in [0.2, 0.25) is 0 Å². The predicted octanol–water partition coefficient (Wildman–Crippen LogP) is 0.817. The normalized spacial score (nSPS) is 27.7. The highest BCUT2D eigenvalue weighted by Gasteiger charge is 2.29. The fraction of sp³-hybridized carbons (Fsp3) is 0.462. The molecule has 0 saturated carbocycles. The molecular formula is C13H18N2O2. The highest BCUT2D eigenvalue weighted by molar-refractivity contribution is 5.92. The minimum atomic E-state index is -0.279. The Labute approximate surface area is 101 Å². The summed E-state index contributed by atoms with van der Waals surface area (Å²) in [7, 11) is 1.40. The zero-order valence-electron chi connectivity index (χ0n) is 10.2. The van der Waals surface area contributed by atoms with Gasteiger partial charge in [0.05, 0.1) is 18.7 Å². The summed E-state index contributed by atoms with van der Waals surface area (Å²) in [5, 5.41) is 0. The standard InChI is InChI=1S/C13H18N2O2/c1-9(14)8-15-6-5-10-7-11(13(16)17-2)3-4-12(10)15/h3-7,9-10,12H,8,14H2,1-2H3/t9-,10?,12?/m1/s1. The van der Waals surface area contributed by atoms with Crippen LogP contribution in [0.1, 0.15) is 6.92 Å². The van der Waals surface area contributed by atoms with Gasteiger partial charge in [-0.05, 0) is 19.2 Å². The Morgan fingerprint density at radius 3 is 3.00 bits per heavy atom. The molecule has 0 aromatic heterocycles. The second kappa shape index (κ2) is 4.75. The van der Waals surface area contributed by atoms with Crippen molar-refractivity contribution >= 4 is 5.97 Å². The lowest BCUT2D eigenvalue weighted by molar-refractivity contribution is -0.135. The first-order chi connectivity index (χ1) is 8.11. The van der Waals surface area contributed by atoms with Crippen molar-refractivity contribution in [3.8, 4) is 0 Å². The zero-order chi connectivity index (χ0) is 12.4. The summed E-state index contributed by atoms with van der Waals surface area (Å²) in [4.78, 5) is 13.6. The van der Waals surface area contributed by atoms with Crippen molar-refractivity contribution in [2.75, 3.05) is 13.7 Å². The van der Waals surface area contributed by atoms with Crippen LogP contribution in [0.5, 0.6) is 0 Å². The van der Waals surface area contributed by atoms with Crippen molar-refractivity contribution in [3.63, 3.8) is 0 Å². The first kappa shape index (κ1) is 11.9. The molecule has 1 heterocycles. The van der Waals surface area contributed by atoms with Crippen molar-refractivity contribution in [1.82, 2.24) is 4.90 Å². The number of hydrogen-bond donors (Lipinski definition) is 1. The van der Waals surface area contributed by atoms with Gasteiger partial charge in [0.1, 0.15) is 0 Å². The van der Waals surface area contributed by atoms with Gasteiger partial charge in [0.25, 0.3) is 0 Å². The van der Waals surface area contributed by atoms with Crippen LogP contribution in [0.15, 0.2) is 36.1 Å². The molecule has 3 atom stereocenters. The highest BCUT2D eigenvalue weighted by Crippen LogP contribution is 2.29. The molecule has 0 fully saturated rings. The van der Waals surface area contributed by atoms with Crippen LogP contribution in [0.3, 0.4) is 0 Å². The van der Waals surface area contributed by atoms with E-state index in [1.807, 2.05) is 25.2 Å². The molecule has 2 aliphatic rings. The zero-order valence-corrected chi connectivity index (χ0v) is 10.2. The molecule has 2 N–H and O–H groups in total.